The largest absolute Gasteiger partial charge is 0.481 e. The molecule has 0 spiro atoms. The maximum Gasteiger partial charge on any atom is 0.313 e. The number of carbonyl (C=O) groups is 1. The van der Waals surface area contributed by atoms with Gasteiger partial charge in [0.1, 0.15) is 0 Å². The van der Waals surface area contributed by atoms with Crippen LogP contribution in [0.1, 0.15) is 25.6 Å². The molecule has 0 aliphatic heterocycles. The van der Waals surface area contributed by atoms with Gasteiger partial charge < -0.3 is 9.67 Å². The molecule has 0 fully saturated rings. The van der Waals surface area contributed by atoms with Crippen LogP contribution < -0.4 is 0 Å². The molecule has 0 bridgehead atoms. The number of carboxylic acid groups (broad SMARTS) is 1. The quantitative estimate of drug-likeness (QED) is 0.778. The average molecular weight is 214 g/mol. The predicted octanol–water partition coefficient (Wildman–Crippen LogP) is 1.95. The lowest BCUT2D eigenvalue weighted by atomic mass is 10.4. The third-order valence-corrected chi connectivity index (χ3v) is 2.74. The van der Waals surface area contributed by atoms with Crippen LogP contribution in [0.5, 0.6) is 0 Å². The normalized spacial score (nSPS) is 10.9. The molecule has 1 aromatic heterocycles. The highest BCUT2D eigenvalue weighted by Crippen LogP contribution is 2.22. The number of hydrogen-bond acceptors (Lipinski definition) is 3. The van der Waals surface area contributed by atoms with Crippen LogP contribution in [0.4, 0.5) is 0 Å². The summed E-state index contributed by atoms with van der Waals surface area (Å²) >= 11 is 1.26. The van der Waals surface area contributed by atoms with Crippen molar-refractivity contribution in [1.82, 2.24) is 9.55 Å². The van der Waals surface area contributed by atoms with E-state index in [0.717, 1.165) is 10.9 Å². The van der Waals surface area contributed by atoms with Gasteiger partial charge in [-0.25, -0.2) is 4.98 Å². The molecule has 0 saturated heterocycles. The van der Waals surface area contributed by atoms with E-state index in [2.05, 4.69) is 18.8 Å². The molecule has 0 aliphatic rings. The SMILES string of the molecule is Cc1cnc(SCC(=O)O)n1C(C)C. The molecule has 0 radical (unpaired) electrons. The summed E-state index contributed by atoms with van der Waals surface area (Å²) in [5.74, 6) is -0.755. The van der Waals surface area contributed by atoms with Crippen molar-refractivity contribution in [2.24, 2.45) is 0 Å². The second-order valence-corrected chi connectivity index (χ2v) is 4.27. The molecule has 4 nitrogen and oxygen atoms in total. The maximum absolute atomic E-state index is 10.4. The summed E-state index contributed by atoms with van der Waals surface area (Å²) in [5, 5.41) is 9.33. The molecule has 0 unspecified atom stereocenters. The van der Waals surface area contributed by atoms with Crippen LogP contribution >= 0.6 is 11.8 Å². The van der Waals surface area contributed by atoms with E-state index in [1.807, 2.05) is 11.5 Å². The summed E-state index contributed by atoms with van der Waals surface area (Å²) in [7, 11) is 0. The first-order chi connectivity index (χ1) is 6.52. The molecule has 14 heavy (non-hydrogen) atoms. The van der Waals surface area contributed by atoms with E-state index in [9.17, 15) is 4.79 Å². The maximum atomic E-state index is 10.4. The van der Waals surface area contributed by atoms with E-state index in [1.165, 1.54) is 11.8 Å². The smallest absolute Gasteiger partial charge is 0.313 e. The van der Waals surface area contributed by atoms with Gasteiger partial charge in [0.2, 0.25) is 0 Å². The van der Waals surface area contributed by atoms with Crippen molar-refractivity contribution in [2.45, 2.75) is 32.0 Å². The number of thioether (sulfide) groups is 1. The number of hydrogen-bond donors (Lipinski definition) is 1. The van der Waals surface area contributed by atoms with Crippen molar-refractivity contribution in [1.29, 1.82) is 0 Å². The predicted molar refractivity (Wildman–Crippen MR) is 55.7 cm³/mol. The minimum Gasteiger partial charge on any atom is -0.481 e. The minimum atomic E-state index is -0.814. The van der Waals surface area contributed by atoms with Gasteiger partial charge in [0.15, 0.2) is 5.16 Å². The molecule has 0 atom stereocenters. The summed E-state index contributed by atoms with van der Waals surface area (Å²) in [6, 6.07) is 0.314. The van der Waals surface area contributed by atoms with Crippen molar-refractivity contribution in [2.75, 3.05) is 5.75 Å². The van der Waals surface area contributed by atoms with Crippen LogP contribution in [0.15, 0.2) is 11.4 Å². The van der Waals surface area contributed by atoms with Crippen molar-refractivity contribution >= 4 is 17.7 Å². The standard InChI is InChI=1S/C9H14N2O2S/c1-6(2)11-7(3)4-10-9(11)14-5-8(12)13/h4,6H,5H2,1-3H3,(H,12,13). The Morgan fingerprint density at radius 3 is 2.86 bits per heavy atom. The molecule has 5 heteroatoms. The number of carboxylic acids is 1. The first kappa shape index (κ1) is 11.1. The van der Waals surface area contributed by atoms with Crippen molar-refractivity contribution < 1.29 is 9.90 Å². The van der Waals surface area contributed by atoms with Gasteiger partial charge in [-0.15, -0.1) is 0 Å². The van der Waals surface area contributed by atoms with Crippen molar-refractivity contribution in [3.8, 4) is 0 Å². The molecule has 0 aliphatic carbocycles. The minimum absolute atomic E-state index is 0.0587. The number of aryl methyl sites for hydroxylation is 1. The Kier molecular flexibility index (Phi) is 3.57. The average Bonchev–Trinajstić information content (AvgIpc) is 2.43. The fourth-order valence-corrected chi connectivity index (χ4v) is 2.16. The van der Waals surface area contributed by atoms with E-state index in [4.69, 9.17) is 5.11 Å². The van der Waals surface area contributed by atoms with Crippen LogP contribution in [0, 0.1) is 6.92 Å². The van der Waals surface area contributed by atoms with Gasteiger partial charge in [-0.05, 0) is 20.8 Å². The van der Waals surface area contributed by atoms with Gasteiger partial charge in [0, 0.05) is 17.9 Å². The molecule has 0 saturated carbocycles. The Bertz CT molecular complexity index is 334. The topological polar surface area (TPSA) is 55.1 Å². The molecule has 1 heterocycles. The van der Waals surface area contributed by atoms with E-state index in [0.29, 0.717) is 6.04 Å². The third kappa shape index (κ3) is 2.51. The Hall–Kier alpha value is -0.970. The molecule has 1 N–H and O–H groups in total. The third-order valence-electron chi connectivity index (χ3n) is 1.79. The highest BCUT2D eigenvalue weighted by molar-refractivity contribution is 7.99. The molecule has 78 valence electrons. The van der Waals surface area contributed by atoms with Crippen molar-refractivity contribution in [3.63, 3.8) is 0 Å². The van der Waals surface area contributed by atoms with Gasteiger partial charge >= 0.3 is 5.97 Å². The second-order valence-electron chi connectivity index (χ2n) is 3.33. The summed E-state index contributed by atoms with van der Waals surface area (Å²) in [6.07, 6.45) is 1.77. The number of rotatable bonds is 4. The Labute approximate surface area is 87.3 Å². The van der Waals surface area contributed by atoms with Crippen LogP contribution in [0.3, 0.4) is 0 Å². The Morgan fingerprint density at radius 2 is 2.36 bits per heavy atom. The van der Waals surface area contributed by atoms with Crippen LogP contribution in [-0.4, -0.2) is 26.4 Å². The zero-order valence-corrected chi connectivity index (χ0v) is 9.34. The highest BCUT2D eigenvalue weighted by atomic mass is 32.2. The molecular weight excluding hydrogens is 200 g/mol. The lowest BCUT2D eigenvalue weighted by molar-refractivity contribution is -0.133. The van der Waals surface area contributed by atoms with Crippen LogP contribution in [0.25, 0.3) is 0 Å². The fourth-order valence-electron chi connectivity index (χ4n) is 1.29. The lowest BCUT2D eigenvalue weighted by Crippen LogP contribution is -2.06. The van der Waals surface area contributed by atoms with Gasteiger partial charge in [-0.1, -0.05) is 11.8 Å². The highest BCUT2D eigenvalue weighted by Gasteiger charge is 2.11. The second kappa shape index (κ2) is 4.50. The number of aliphatic carboxylic acids is 1. The molecule has 1 rings (SSSR count). The zero-order chi connectivity index (χ0) is 10.7. The summed E-state index contributed by atoms with van der Waals surface area (Å²) in [4.78, 5) is 14.6. The van der Waals surface area contributed by atoms with Gasteiger partial charge in [-0.3, -0.25) is 4.79 Å². The Balaban J connectivity index is 2.81. The summed E-state index contributed by atoms with van der Waals surface area (Å²) < 4.78 is 2.04. The van der Waals surface area contributed by atoms with Gasteiger partial charge in [-0.2, -0.15) is 0 Å². The monoisotopic (exact) mass is 214 g/mol. The Morgan fingerprint density at radius 1 is 1.71 bits per heavy atom. The van der Waals surface area contributed by atoms with E-state index < -0.39 is 5.97 Å². The first-order valence-corrected chi connectivity index (χ1v) is 5.39. The zero-order valence-electron chi connectivity index (χ0n) is 8.52. The number of aromatic nitrogens is 2. The lowest BCUT2D eigenvalue weighted by Gasteiger charge is -2.12. The first-order valence-electron chi connectivity index (χ1n) is 4.40. The van der Waals surface area contributed by atoms with Gasteiger partial charge in [0.05, 0.1) is 5.75 Å². The van der Waals surface area contributed by atoms with Crippen LogP contribution in [-0.2, 0) is 4.79 Å². The van der Waals surface area contributed by atoms with Crippen molar-refractivity contribution in [3.05, 3.63) is 11.9 Å². The molecule has 0 amide bonds. The molecule has 0 aromatic carbocycles. The number of nitrogens with zero attached hydrogens (tertiary/aromatic N) is 2. The van der Waals surface area contributed by atoms with Crippen LogP contribution in [0.2, 0.25) is 0 Å². The molecular formula is C9H14N2O2S. The molecule has 1 aromatic rings. The summed E-state index contributed by atoms with van der Waals surface area (Å²) in [6.45, 7) is 6.08. The van der Waals surface area contributed by atoms with E-state index in [-0.39, 0.29) is 5.75 Å². The summed E-state index contributed by atoms with van der Waals surface area (Å²) in [5.41, 5.74) is 1.06. The fraction of sp³-hybridized carbons (Fsp3) is 0.556. The van der Waals surface area contributed by atoms with Gasteiger partial charge in [0.25, 0.3) is 0 Å². The number of imidazole rings is 1. The van der Waals surface area contributed by atoms with E-state index >= 15 is 0 Å². The van der Waals surface area contributed by atoms with E-state index in [1.54, 1.807) is 6.20 Å².